The van der Waals surface area contributed by atoms with Crippen molar-refractivity contribution >= 4 is 13.2 Å². The zero-order valence-corrected chi connectivity index (χ0v) is 13.1. The molecule has 0 amide bonds. The van der Waals surface area contributed by atoms with Crippen LogP contribution in [0.1, 0.15) is 38.8 Å². The number of rotatable bonds is 3. The molecule has 21 heavy (non-hydrogen) atoms. The summed E-state index contributed by atoms with van der Waals surface area (Å²) in [7, 11) is 1.17. The Balaban J connectivity index is 2.15. The first-order valence-electron chi connectivity index (χ1n) is 6.91. The molecule has 0 N–H and O–H groups in total. The summed E-state index contributed by atoms with van der Waals surface area (Å²) in [4.78, 5) is 0. The van der Waals surface area contributed by atoms with E-state index in [4.69, 9.17) is 19.3 Å². The fourth-order valence-corrected chi connectivity index (χ4v) is 2.07. The smallest absolute Gasteiger partial charge is 0.487 e. The standard InChI is InChI=1S/C16H20BNO3/c1-15(2)16(3,4)21-17(20-15)9-8-12-6-7-14(19-5)13(10-12)11-18/h6-10H,1-5H3/b9-8+. The van der Waals surface area contributed by atoms with Crippen molar-refractivity contribution in [1.82, 2.24) is 0 Å². The van der Waals surface area contributed by atoms with Crippen molar-refractivity contribution in [1.29, 1.82) is 5.26 Å². The molecular weight excluding hydrogens is 265 g/mol. The molecule has 110 valence electrons. The molecular formula is C16H20BNO3. The van der Waals surface area contributed by atoms with Crippen molar-refractivity contribution in [3.05, 3.63) is 35.3 Å². The van der Waals surface area contributed by atoms with E-state index in [-0.39, 0.29) is 18.3 Å². The van der Waals surface area contributed by atoms with E-state index in [0.717, 1.165) is 5.56 Å². The van der Waals surface area contributed by atoms with E-state index in [9.17, 15) is 0 Å². The molecule has 0 aromatic heterocycles. The lowest BCUT2D eigenvalue weighted by Gasteiger charge is -2.32. The van der Waals surface area contributed by atoms with Crippen molar-refractivity contribution in [2.75, 3.05) is 7.11 Å². The molecule has 1 aliphatic rings. The minimum Gasteiger partial charge on any atom is -0.495 e. The molecule has 1 heterocycles. The number of benzene rings is 1. The summed E-state index contributed by atoms with van der Waals surface area (Å²) in [6.07, 6.45) is 1.89. The highest BCUT2D eigenvalue weighted by molar-refractivity contribution is 6.52. The van der Waals surface area contributed by atoms with E-state index < -0.39 is 0 Å². The second-order valence-electron chi connectivity index (χ2n) is 6.06. The molecule has 1 fully saturated rings. The van der Waals surface area contributed by atoms with Crippen LogP contribution in [0.2, 0.25) is 0 Å². The zero-order chi connectivity index (χ0) is 15.7. The monoisotopic (exact) mass is 285 g/mol. The summed E-state index contributed by atoms with van der Waals surface area (Å²) < 4.78 is 16.9. The summed E-state index contributed by atoms with van der Waals surface area (Å²) in [6.45, 7) is 8.06. The van der Waals surface area contributed by atoms with Crippen LogP contribution in [0, 0.1) is 11.3 Å². The average molecular weight is 285 g/mol. The van der Waals surface area contributed by atoms with Crippen molar-refractivity contribution in [3.8, 4) is 11.8 Å². The van der Waals surface area contributed by atoms with E-state index in [1.807, 2.05) is 45.8 Å². The molecule has 0 spiro atoms. The first-order chi connectivity index (χ1) is 9.79. The Morgan fingerprint density at radius 3 is 2.33 bits per heavy atom. The molecule has 0 unspecified atom stereocenters. The Morgan fingerprint density at radius 1 is 1.19 bits per heavy atom. The molecule has 1 aromatic carbocycles. The van der Waals surface area contributed by atoms with E-state index in [1.165, 1.54) is 0 Å². The van der Waals surface area contributed by atoms with Crippen molar-refractivity contribution in [2.24, 2.45) is 0 Å². The van der Waals surface area contributed by atoms with Gasteiger partial charge in [0, 0.05) is 0 Å². The number of nitriles is 1. The van der Waals surface area contributed by atoms with Gasteiger partial charge in [0.05, 0.1) is 23.9 Å². The number of methoxy groups -OCH3 is 1. The Hall–Kier alpha value is -1.77. The van der Waals surface area contributed by atoms with Crippen LogP contribution in [0.3, 0.4) is 0 Å². The minimum atomic E-state index is -0.386. The van der Waals surface area contributed by atoms with Gasteiger partial charge in [0.1, 0.15) is 11.8 Å². The molecule has 0 saturated carbocycles. The Morgan fingerprint density at radius 2 is 1.81 bits per heavy atom. The first kappa shape index (κ1) is 15.6. The summed E-state index contributed by atoms with van der Waals surface area (Å²) in [5, 5.41) is 9.09. The van der Waals surface area contributed by atoms with Gasteiger partial charge in [0.2, 0.25) is 0 Å². The molecule has 0 bridgehead atoms. The molecule has 1 aliphatic heterocycles. The van der Waals surface area contributed by atoms with Crippen LogP contribution >= 0.6 is 0 Å². The molecule has 1 saturated heterocycles. The molecule has 0 atom stereocenters. The Labute approximate surface area is 126 Å². The molecule has 1 aromatic rings. The lowest BCUT2D eigenvalue weighted by atomic mass is 9.89. The maximum absolute atomic E-state index is 9.09. The molecule has 2 rings (SSSR count). The van der Waals surface area contributed by atoms with Crippen LogP contribution in [-0.4, -0.2) is 25.4 Å². The maximum atomic E-state index is 9.09. The van der Waals surface area contributed by atoms with Gasteiger partial charge in [-0.2, -0.15) is 5.26 Å². The summed E-state index contributed by atoms with van der Waals surface area (Å²) in [6, 6.07) is 7.57. The van der Waals surface area contributed by atoms with Crippen LogP contribution in [-0.2, 0) is 9.31 Å². The molecule has 5 heteroatoms. The molecule has 4 nitrogen and oxygen atoms in total. The summed E-state index contributed by atoms with van der Waals surface area (Å²) in [5.74, 6) is 2.43. The zero-order valence-electron chi connectivity index (χ0n) is 13.1. The molecule has 0 radical (unpaired) electrons. The van der Waals surface area contributed by atoms with Gasteiger partial charge in [-0.15, -0.1) is 0 Å². The maximum Gasteiger partial charge on any atom is 0.487 e. The van der Waals surface area contributed by atoms with Gasteiger partial charge in [0.15, 0.2) is 0 Å². The predicted octanol–water partition coefficient (Wildman–Crippen LogP) is 3.21. The van der Waals surface area contributed by atoms with Crippen molar-refractivity contribution < 1.29 is 14.0 Å². The Kier molecular flexibility index (Phi) is 4.13. The van der Waals surface area contributed by atoms with E-state index >= 15 is 0 Å². The van der Waals surface area contributed by atoms with Crippen LogP contribution in [0.4, 0.5) is 0 Å². The lowest BCUT2D eigenvalue weighted by molar-refractivity contribution is 0.00578. The van der Waals surface area contributed by atoms with Gasteiger partial charge in [0.25, 0.3) is 0 Å². The summed E-state index contributed by atoms with van der Waals surface area (Å²) >= 11 is 0. The van der Waals surface area contributed by atoms with Gasteiger partial charge >= 0.3 is 7.12 Å². The lowest BCUT2D eigenvalue weighted by Crippen LogP contribution is -2.41. The second kappa shape index (κ2) is 5.55. The number of nitrogens with zero attached hydrogens (tertiary/aromatic N) is 1. The third kappa shape index (κ3) is 3.12. The fourth-order valence-electron chi connectivity index (χ4n) is 2.07. The first-order valence-corrected chi connectivity index (χ1v) is 6.91. The van der Waals surface area contributed by atoms with Crippen molar-refractivity contribution in [2.45, 2.75) is 38.9 Å². The van der Waals surface area contributed by atoms with Crippen LogP contribution in [0.25, 0.3) is 6.08 Å². The number of hydrogen-bond acceptors (Lipinski definition) is 4. The van der Waals surface area contributed by atoms with Gasteiger partial charge in [-0.1, -0.05) is 18.1 Å². The predicted molar refractivity (Wildman–Crippen MR) is 82.8 cm³/mol. The van der Waals surface area contributed by atoms with Gasteiger partial charge in [-0.3, -0.25) is 0 Å². The second-order valence-corrected chi connectivity index (χ2v) is 6.06. The Bertz CT molecular complexity index is 586. The van der Waals surface area contributed by atoms with Crippen molar-refractivity contribution in [3.63, 3.8) is 0 Å². The topological polar surface area (TPSA) is 51.5 Å². The normalized spacial score (nSPS) is 19.7. The van der Waals surface area contributed by atoms with E-state index in [2.05, 4.69) is 6.07 Å². The van der Waals surface area contributed by atoms with E-state index in [0.29, 0.717) is 11.3 Å². The fraction of sp³-hybridized carbons (Fsp3) is 0.438. The average Bonchev–Trinajstić information content (AvgIpc) is 2.64. The van der Waals surface area contributed by atoms with Crippen LogP contribution in [0.5, 0.6) is 5.75 Å². The van der Waals surface area contributed by atoms with Gasteiger partial charge in [-0.25, -0.2) is 0 Å². The number of ether oxygens (including phenoxy) is 1. The highest BCUT2D eigenvalue weighted by Crippen LogP contribution is 2.37. The molecule has 0 aliphatic carbocycles. The SMILES string of the molecule is COc1ccc(/C=C/B2OC(C)(C)C(C)(C)O2)cc1C#N. The van der Waals surface area contributed by atoms with E-state index in [1.54, 1.807) is 19.2 Å². The third-order valence-electron chi connectivity index (χ3n) is 4.06. The van der Waals surface area contributed by atoms with Gasteiger partial charge in [-0.05, 0) is 45.4 Å². The number of hydrogen-bond donors (Lipinski definition) is 0. The largest absolute Gasteiger partial charge is 0.495 e. The van der Waals surface area contributed by atoms with Crippen LogP contribution < -0.4 is 4.74 Å². The van der Waals surface area contributed by atoms with Gasteiger partial charge < -0.3 is 14.0 Å². The summed E-state index contributed by atoms with van der Waals surface area (Å²) in [5.41, 5.74) is 0.718. The minimum absolute atomic E-state index is 0.347. The van der Waals surface area contributed by atoms with Crippen LogP contribution in [0.15, 0.2) is 24.2 Å². The highest BCUT2D eigenvalue weighted by atomic mass is 16.7. The third-order valence-corrected chi connectivity index (χ3v) is 4.06. The quantitative estimate of drug-likeness (QED) is 0.800. The highest BCUT2D eigenvalue weighted by Gasteiger charge is 2.49.